The number of nitrogens with zero attached hydrogens (tertiary/aromatic N) is 3. The maximum Gasteiger partial charge on any atom is 0.573 e. The first-order valence-electron chi connectivity index (χ1n) is 10.8. The Bertz CT molecular complexity index is 1070. The minimum atomic E-state index is -4.85. The Morgan fingerprint density at radius 3 is 2.73 bits per heavy atom. The lowest BCUT2D eigenvalue weighted by Crippen LogP contribution is -2.54. The summed E-state index contributed by atoms with van der Waals surface area (Å²) in [5.74, 6) is -0.592. The zero-order valence-electron chi connectivity index (χ0n) is 17.7. The molecule has 4 heterocycles. The van der Waals surface area contributed by atoms with E-state index in [1.165, 1.54) is 18.2 Å². The van der Waals surface area contributed by atoms with Gasteiger partial charge in [-0.05, 0) is 45.0 Å². The number of hydrogen-bond donors (Lipinski definition) is 3. The van der Waals surface area contributed by atoms with Crippen LogP contribution in [-0.2, 0) is 4.79 Å². The van der Waals surface area contributed by atoms with Gasteiger partial charge in [-0.2, -0.15) is 4.98 Å². The summed E-state index contributed by atoms with van der Waals surface area (Å²) < 4.78 is 48.0. The fourth-order valence-electron chi connectivity index (χ4n) is 4.72. The lowest BCUT2D eigenvalue weighted by molar-refractivity contribution is -0.274. The largest absolute Gasteiger partial charge is 0.573 e. The molecular formula is C21H23F3N6O3. The fraction of sp³-hybridized carbons (Fsp3) is 0.476. The van der Waals surface area contributed by atoms with E-state index in [1.807, 2.05) is 11.9 Å². The van der Waals surface area contributed by atoms with Crippen LogP contribution in [0.5, 0.6) is 5.75 Å². The molecular weight excluding hydrogens is 441 g/mol. The maximum absolute atomic E-state index is 12.8. The number of aromatic nitrogens is 2. The lowest BCUT2D eigenvalue weighted by atomic mass is 9.91. The first kappa shape index (κ1) is 21.7. The average molecular weight is 464 g/mol. The number of allylic oxidation sites excluding steroid dienone is 1. The summed E-state index contributed by atoms with van der Waals surface area (Å²) in [5, 5.41) is 12.1. The third-order valence-electron chi connectivity index (χ3n) is 6.18. The number of nitrogens with one attached hydrogen (secondary N) is 3. The maximum atomic E-state index is 12.8. The Hall–Kier alpha value is -3.12. The number of hydrazine groups is 1. The van der Waals surface area contributed by atoms with Crippen LogP contribution in [0.2, 0.25) is 0 Å². The van der Waals surface area contributed by atoms with Crippen molar-refractivity contribution in [2.24, 2.45) is 5.92 Å². The topological polar surface area (TPSA) is 105 Å². The molecule has 9 nitrogen and oxygen atoms in total. The Labute approximate surface area is 187 Å². The van der Waals surface area contributed by atoms with Crippen LogP contribution in [0.25, 0.3) is 11.4 Å². The highest BCUT2D eigenvalue weighted by molar-refractivity contribution is 5.89. The lowest BCUT2D eigenvalue weighted by Gasteiger charge is -2.38. The van der Waals surface area contributed by atoms with Crippen LogP contribution >= 0.6 is 0 Å². The van der Waals surface area contributed by atoms with Crippen molar-refractivity contribution in [3.63, 3.8) is 0 Å². The van der Waals surface area contributed by atoms with Crippen molar-refractivity contribution >= 4 is 5.91 Å². The average Bonchev–Trinajstić information content (AvgIpc) is 3.37. The van der Waals surface area contributed by atoms with E-state index < -0.39 is 24.2 Å². The van der Waals surface area contributed by atoms with E-state index in [-0.39, 0.29) is 35.1 Å². The van der Waals surface area contributed by atoms with E-state index in [1.54, 1.807) is 12.1 Å². The van der Waals surface area contributed by atoms with Crippen molar-refractivity contribution in [2.45, 2.75) is 44.3 Å². The molecule has 5 rings (SSSR count). The second-order valence-electron chi connectivity index (χ2n) is 8.36. The standard InChI is InChI=1S/C21H23F3N6O3/c1-11-17(19-26-16(31)10-14(30(19)28-11)12-6-8-25-9-7-12)20-27-18(29-33-20)13-4-2-3-5-15(13)32-21(22,23)24/h2-5,10-12,17,19,25,28H,6-9H2,1H3,(H,26,31). The molecule has 3 aliphatic rings. The number of benzene rings is 1. The highest BCUT2D eigenvalue weighted by atomic mass is 19.4. The summed E-state index contributed by atoms with van der Waals surface area (Å²) in [4.78, 5) is 16.9. The van der Waals surface area contributed by atoms with E-state index in [4.69, 9.17) is 4.52 Å². The molecule has 3 unspecified atom stereocenters. The van der Waals surface area contributed by atoms with Crippen molar-refractivity contribution in [3.8, 4) is 17.1 Å². The molecule has 2 aromatic rings. The number of piperidine rings is 1. The molecule has 1 aromatic heterocycles. The number of para-hydroxylation sites is 1. The van der Waals surface area contributed by atoms with Gasteiger partial charge in [0.2, 0.25) is 17.6 Å². The molecule has 12 heteroatoms. The normalized spacial score (nSPS) is 26.1. The molecule has 0 spiro atoms. The number of halogens is 3. The molecule has 0 aliphatic carbocycles. The van der Waals surface area contributed by atoms with Crippen molar-refractivity contribution in [1.82, 2.24) is 31.2 Å². The van der Waals surface area contributed by atoms with Gasteiger partial charge in [-0.25, -0.2) is 5.43 Å². The van der Waals surface area contributed by atoms with E-state index >= 15 is 0 Å². The zero-order valence-corrected chi connectivity index (χ0v) is 17.7. The molecule has 2 saturated heterocycles. The van der Waals surface area contributed by atoms with Crippen LogP contribution in [-0.4, -0.2) is 52.7 Å². The molecule has 1 aromatic carbocycles. The number of alkyl halides is 3. The predicted octanol–water partition coefficient (Wildman–Crippen LogP) is 2.27. The Kier molecular flexibility index (Phi) is 5.49. The van der Waals surface area contributed by atoms with Gasteiger partial charge in [-0.3, -0.25) is 9.80 Å². The van der Waals surface area contributed by atoms with Crippen molar-refractivity contribution in [2.75, 3.05) is 13.1 Å². The van der Waals surface area contributed by atoms with Crippen LogP contribution < -0.4 is 20.8 Å². The highest BCUT2D eigenvalue weighted by Gasteiger charge is 2.48. The molecule has 176 valence electrons. The third kappa shape index (κ3) is 4.27. The number of carbonyl (C=O) groups excluding carboxylic acids is 1. The zero-order chi connectivity index (χ0) is 23.2. The summed E-state index contributed by atoms with van der Waals surface area (Å²) in [6, 6.07) is 5.44. The summed E-state index contributed by atoms with van der Waals surface area (Å²) >= 11 is 0. The molecule has 0 bridgehead atoms. The summed E-state index contributed by atoms with van der Waals surface area (Å²) in [6.07, 6.45) is -1.85. The molecule has 1 amide bonds. The molecule has 33 heavy (non-hydrogen) atoms. The second kappa shape index (κ2) is 8.34. The quantitative estimate of drug-likeness (QED) is 0.633. The Balaban J connectivity index is 1.43. The summed E-state index contributed by atoms with van der Waals surface area (Å²) in [7, 11) is 0. The first-order chi connectivity index (χ1) is 15.8. The first-order valence-corrected chi connectivity index (χ1v) is 10.8. The predicted molar refractivity (Wildman–Crippen MR) is 109 cm³/mol. The minimum absolute atomic E-state index is 0.0215. The van der Waals surface area contributed by atoms with Crippen molar-refractivity contribution in [1.29, 1.82) is 0 Å². The number of amides is 1. The SMILES string of the molecule is CC1NN2C(C3CCNCC3)=CC(=O)NC2C1c1nc(-c2ccccc2OC(F)(F)F)no1. The van der Waals surface area contributed by atoms with E-state index in [9.17, 15) is 18.0 Å². The number of fused-ring (bicyclic) bond motifs is 1. The molecule has 3 N–H and O–H groups in total. The second-order valence-corrected chi connectivity index (χ2v) is 8.36. The Morgan fingerprint density at radius 2 is 1.97 bits per heavy atom. The van der Waals surface area contributed by atoms with Gasteiger partial charge in [-0.15, -0.1) is 13.2 Å². The Morgan fingerprint density at radius 1 is 1.21 bits per heavy atom. The van der Waals surface area contributed by atoms with E-state index in [0.717, 1.165) is 31.6 Å². The van der Waals surface area contributed by atoms with Crippen molar-refractivity contribution < 1.29 is 27.2 Å². The van der Waals surface area contributed by atoms with E-state index in [2.05, 4.69) is 30.9 Å². The van der Waals surface area contributed by atoms with Crippen LogP contribution in [0, 0.1) is 5.92 Å². The summed E-state index contributed by atoms with van der Waals surface area (Å²) in [5.41, 5.74) is 4.37. The van der Waals surface area contributed by atoms with Crippen molar-refractivity contribution in [3.05, 3.63) is 41.9 Å². The molecule has 0 radical (unpaired) electrons. The number of rotatable bonds is 4. The molecule has 2 fully saturated rings. The van der Waals surface area contributed by atoms with E-state index in [0.29, 0.717) is 0 Å². The molecule has 3 aliphatic heterocycles. The van der Waals surface area contributed by atoms with Gasteiger partial charge < -0.3 is 19.9 Å². The van der Waals surface area contributed by atoms with Gasteiger partial charge in [0.25, 0.3) is 0 Å². The van der Waals surface area contributed by atoms with Gasteiger partial charge in [0.05, 0.1) is 11.5 Å². The van der Waals surface area contributed by atoms with Gasteiger partial charge in [0.15, 0.2) is 0 Å². The summed E-state index contributed by atoms with van der Waals surface area (Å²) in [6.45, 7) is 3.70. The van der Waals surface area contributed by atoms with Gasteiger partial charge >= 0.3 is 6.36 Å². The smallest absolute Gasteiger partial charge is 0.405 e. The number of hydrogen-bond acceptors (Lipinski definition) is 8. The third-order valence-corrected chi connectivity index (χ3v) is 6.18. The van der Waals surface area contributed by atoms with Gasteiger partial charge in [-0.1, -0.05) is 17.3 Å². The number of ether oxygens (including phenoxy) is 1. The van der Waals surface area contributed by atoms with Crippen LogP contribution in [0.4, 0.5) is 13.2 Å². The minimum Gasteiger partial charge on any atom is -0.405 e. The van der Waals surface area contributed by atoms with Gasteiger partial charge in [0, 0.05) is 23.7 Å². The fourth-order valence-corrected chi connectivity index (χ4v) is 4.72. The van der Waals surface area contributed by atoms with Crippen LogP contribution in [0.3, 0.4) is 0 Å². The monoisotopic (exact) mass is 464 g/mol. The van der Waals surface area contributed by atoms with Gasteiger partial charge in [0.1, 0.15) is 11.9 Å². The molecule has 0 saturated carbocycles. The molecule has 3 atom stereocenters. The number of carbonyl (C=O) groups is 1. The highest BCUT2D eigenvalue weighted by Crippen LogP contribution is 2.39. The van der Waals surface area contributed by atoms with Crippen LogP contribution in [0.1, 0.15) is 31.6 Å². The van der Waals surface area contributed by atoms with Crippen LogP contribution in [0.15, 0.2) is 40.6 Å².